The van der Waals surface area contributed by atoms with Gasteiger partial charge < -0.3 is 11.1 Å². The summed E-state index contributed by atoms with van der Waals surface area (Å²) in [4.78, 5) is 2.99. The van der Waals surface area contributed by atoms with E-state index in [2.05, 4.69) is 22.3 Å². The van der Waals surface area contributed by atoms with Crippen LogP contribution in [0.1, 0.15) is 77.0 Å². The summed E-state index contributed by atoms with van der Waals surface area (Å²) < 4.78 is 0. The van der Waals surface area contributed by atoms with Gasteiger partial charge in [-0.15, -0.1) is 0 Å². The van der Waals surface area contributed by atoms with Crippen LogP contribution in [0.3, 0.4) is 0 Å². The Morgan fingerprint density at radius 3 is 2.04 bits per heavy atom. The van der Waals surface area contributed by atoms with Crippen molar-refractivity contribution in [3.63, 3.8) is 0 Å². The van der Waals surface area contributed by atoms with Crippen LogP contribution in [-0.4, -0.2) is 29.1 Å². The van der Waals surface area contributed by atoms with Crippen molar-refractivity contribution in [2.75, 3.05) is 11.1 Å². The van der Waals surface area contributed by atoms with Crippen LogP contribution in [0.5, 0.6) is 0 Å². The molecule has 0 aromatic heterocycles. The molecule has 25 heavy (non-hydrogen) atoms. The minimum atomic E-state index is 0.588. The predicted molar refractivity (Wildman–Crippen MR) is 107 cm³/mol. The topological polar surface area (TPSA) is 41.3 Å². The third kappa shape index (κ3) is 3.97. The highest BCUT2D eigenvalue weighted by Crippen LogP contribution is 2.39. The van der Waals surface area contributed by atoms with E-state index in [0.29, 0.717) is 6.04 Å². The highest BCUT2D eigenvalue weighted by molar-refractivity contribution is 5.66. The molecule has 0 radical (unpaired) electrons. The fourth-order valence-corrected chi connectivity index (χ4v) is 5.71. The van der Waals surface area contributed by atoms with Gasteiger partial charge >= 0.3 is 0 Å². The fourth-order valence-electron chi connectivity index (χ4n) is 5.71. The molecule has 3 N–H and O–H groups in total. The second-order valence-electron chi connectivity index (χ2n) is 8.58. The molecule has 138 valence electrons. The van der Waals surface area contributed by atoms with E-state index in [-0.39, 0.29) is 0 Å². The van der Waals surface area contributed by atoms with Crippen molar-refractivity contribution < 1.29 is 0 Å². The Bertz CT molecular complexity index is 536. The van der Waals surface area contributed by atoms with Gasteiger partial charge in [-0.2, -0.15) is 0 Å². The molecule has 2 heterocycles. The first kappa shape index (κ1) is 17.2. The molecule has 1 aliphatic carbocycles. The second kappa shape index (κ2) is 7.99. The van der Waals surface area contributed by atoms with Crippen LogP contribution in [0.15, 0.2) is 24.3 Å². The highest BCUT2D eigenvalue weighted by atomic mass is 15.2. The van der Waals surface area contributed by atoms with Crippen molar-refractivity contribution in [3.05, 3.63) is 24.3 Å². The van der Waals surface area contributed by atoms with Gasteiger partial charge in [-0.3, -0.25) is 4.90 Å². The third-order valence-corrected chi connectivity index (χ3v) is 6.85. The number of nitrogens with two attached hydrogens (primary N) is 1. The van der Waals surface area contributed by atoms with Crippen LogP contribution < -0.4 is 11.1 Å². The Morgan fingerprint density at radius 2 is 1.36 bits per heavy atom. The minimum Gasteiger partial charge on any atom is -0.397 e. The van der Waals surface area contributed by atoms with E-state index in [1.165, 1.54) is 77.0 Å². The molecule has 0 unspecified atom stereocenters. The van der Waals surface area contributed by atoms with Gasteiger partial charge in [0.15, 0.2) is 0 Å². The summed E-state index contributed by atoms with van der Waals surface area (Å²) in [6, 6.07) is 11.3. The molecule has 3 nitrogen and oxygen atoms in total. The van der Waals surface area contributed by atoms with Crippen LogP contribution in [0.2, 0.25) is 0 Å². The van der Waals surface area contributed by atoms with Gasteiger partial charge in [0.1, 0.15) is 0 Å². The number of nitrogen functional groups attached to an aromatic ring is 1. The molecule has 2 saturated heterocycles. The lowest BCUT2D eigenvalue weighted by Gasteiger charge is -2.53. The largest absolute Gasteiger partial charge is 0.397 e. The number of benzene rings is 1. The molecule has 3 atom stereocenters. The summed E-state index contributed by atoms with van der Waals surface area (Å²) in [5.74, 6) is 0. The van der Waals surface area contributed by atoms with E-state index < -0.39 is 0 Å². The van der Waals surface area contributed by atoms with Crippen molar-refractivity contribution >= 4 is 11.4 Å². The van der Waals surface area contributed by atoms with E-state index in [1.54, 1.807) is 0 Å². The lowest BCUT2D eigenvalue weighted by atomic mass is 9.79. The van der Waals surface area contributed by atoms with Crippen molar-refractivity contribution in [2.45, 2.75) is 101 Å². The number of hydrogen-bond donors (Lipinski definition) is 2. The summed E-state index contributed by atoms with van der Waals surface area (Å²) in [5, 5.41) is 3.77. The maximum Gasteiger partial charge on any atom is 0.0576 e. The zero-order valence-corrected chi connectivity index (χ0v) is 15.6. The molecule has 1 aromatic rings. The van der Waals surface area contributed by atoms with Crippen LogP contribution in [0.4, 0.5) is 11.4 Å². The molecule has 2 aliphatic heterocycles. The van der Waals surface area contributed by atoms with Gasteiger partial charge in [0.25, 0.3) is 0 Å². The molecule has 3 fully saturated rings. The normalized spacial score (nSPS) is 31.9. The van der Waals surface area contributed by atoms with E-state index in [0.717, 1.165) is 29.5 Å². The Kier molecular flexibility index (Phi) is 5.50. The molecule has 2 bridgehead atoms. The molecule has 3 heteroatoms. The lowest BCUT2D eigenvalue weighted by Crippen LogP contribution is -2.58. The summed E-state index contributed by atoms with van der Waals surface area (Å²) in [6.07, 6.45) is 17.0. The number of nitrogens with zero attached hydrogens (tertiary/aromatic N) is 1. The maximum absolute atomic E-state index is 6.16. The fraction of sp³-hybridized carbons (Fsp3) is 0.727. The number of fused-ring (bicyclic) bond motifs is 2. The number of piperidine rings is 2. The van der Waals surface area contributed by atoms with Crippen LogP contribution in [-0.2, 0) is 0 Å². The Balaban J connectivity index is 1.44. The van der Waals surface area contributed by atoms with Gasteiger partial charge in [-0.25, -0.2) is 0 Å². The maximum atomic E-state index is 6.16. The van der Waals surface area contributed by atoms with Crippen molar-refractivity contribution in [3.8, 4) is 0 Å². The van der Waals surface area contributed by atoms with E-state index in [1.807, 2.05) is 12.1 Å². The Hall–Kier alpha value is -1.22. The van der Waals surface area contributed by atoms with E-state index in [4.69, 9.17) is 5.73 Å². The summed E-state index contributed by atoms with van der Waals surface area (Å²) in [7, 11) is 0. The molecule has 1 saturated carbocycles. The van der Waals surface area contributed by atoms with Crippen molar-refractivity contribution in [1.82, 2.24) is 4.90 Å². The standard InChI is InChI=1S/C22H35N3/c23-21-13-6-7-14-22(21)24-17-15-19-11-8-12-20(16-17)25(19)18-9-4-2-1-3-5-10-18/h6-7,13-14,17-20,24H,1-5,8-12,15-16,23H2/t17-,19+,20-. The number of anilines is 2. The van der Waals surface area contributed by atoms with Gasteiger partial charge in [0.05, 0.1) is 11.4 Å². The highest BCUT2D eigenvalue weighted by Gasteiger charge is 2.41. The molecule has 1 aromatic carbocycles. The van der Waals surface area contributed by atoms with Crippen molar-refractivity contribution in [1.29, 1.82) is 0 Å². The predicted octanol–water partition coefficient (Wildman–Crippen LogP) is 5.18. The van der Waals surface area contributed by atoms with Gasteiger partial charge in [-0.1, -0.05) is 50.7 Å². The molecule has 0 amide bonds. The molecule has 4 rings (SSSR count). The SMILES string of the molecule is Nc1ccccc1N[C@H]1C[C@H]2CCC[C@@H](C1)N2C1CCCCCCC1. The number of hydrogen-bond acceptors (Lipinski definition) is 3. The zero-order chi connectivity index (χ0) is 17.1. The van der Waals surface area contributed by atoms with Gasteiger partial charge in [0.2, 0.25) is 0 Å². The monoisotopic (exact) mass is 341 g/mol. The van der Waals surface area contributed by atoms with Gasteiger partial charge in [0, 0.05) is 24.2 Å². The smallest absolute Gasteiger partial charge is 0.0576 e. The average molecular weight is 342 g/mol. The first-order chi connectivity index (χ1) is 12.3. The molecule has 3 aliphatic rings. The number of nitrogens with one attached hydrogen (secondary N) is 1. The average Bonchev–Trinajstić information content (AvgIpc) is 2.56. The molecule has 0 spiro atoms. The Labute approximate surface area is 153 Å². The second-order valence-corrected chi connectivity index (χ2v) is 8.58. The lowest BCUT2D eigenvalue weighted by molar-refractivity contribution is -0.0111. The summed E-state index contributed by atoms with van der Waals surface area (Å²) >= 11 is 0. The summed E-state index contributed by atoms with van der Waals surface area (Å²) in [5.41, 5.74) is 8.17. The first-order valence-corrected chi connectivity index (χ1v) is 10.7. The van der Waals surface area contributed by atoms with Crippen LogP contribution >= 0.6 is 0 Å². The zero-order valence-electron chi connectivity index (χ0n) is 15.6. The van der Waals surface area contributed by atoms with Crippen molar-refractivity contribution in [2.24, 2.45) is 0 Å². The van der Waals surface area contributed by atoms with E-state index in [9.17, 15) is 0 Å². The first-order valence-electron chi connectivity index (χ1n) is 10.7. The number of rotatable bonds is 3. The number of para-hydroxylation sites is 2. The third-order valence-electron chi connectivity index (χ3n) is 6.85. The Morgan fingerprint density at radius 1 is 0.760 bits per heavy atom. The van der Waals surface area contributed by atoms with Crippen LogP contribution in [0, 0.1) is 0 Å². The molecular formula is C22H35N3. The minimum absolute atomic E-state index is 0.588. The van der Waals surface area contributed by atoms with Gasteiger partial charge in [-0.05, 0) is 50.7 Å². The quantitative estimate of drug-likeness (QED) is 0.744. The van der Waals surface area contributed by atoms with Crippen LogP contribution in [0.25, 0.3) is 0 Å². The summed E-state index contributed by atoms with van der Waals surface area (Å²) in [6.45, 7) is 0. The van der Waals surface area contributed by atoms with E-state index >= 15 is 0 Å². The molecular weight excluding hydrogens is 306 g/mol.